The van der Waals surface area contributed by atoms with Gasteiger partial charge in [-0.1, -0.05) is 69.1 Å². The molecule has 40 heavy (non-hydrogen) atoms. The molecule has 2 atom stereocenters. The van der Waals surface area contributed by atoms with Crippen LogP contribution < -0.4 is 10.1 Å². The Balaban J connectivity index is 0.00000181. The zero-order valence-corrected chi connectivity index (χ0v) is 26.0. The summed E-state index contributed by atoms with van der Waals surface area (Å²) in [6.45, 7) is 5.57. The standard InChI is InChI=1S/C31H32Br2N2O3.CH2O/c1-31(20-7-9-21(32)10-8-20)16-13-25(24-12-11-22(33)19-27(24)31)30(37)35-17-14-23(15-18-35)34-29(36)26-5-3-4-6-28(26)38-2;1-2/h3-12,19,23,25H,13-18H2,1-2H3,(H,34,36);1H2/t25-,31+;/m0./s1. The molecule has 1 heterocycles. The van der Waals surface area contributed by atoms with Crippen molar-refractivity contribution < 1.29 is 19.1 Å². The number of likely N-dealkylation sites (tertiary alicyclic amines) is 1. The predicted molar refractivity (Wildman–Crippen MR) is 164 cm³/mol. The molecule has 0 unspecified atom stereocenters. The lowest BCUT2D eigenvalue weighted by molar-refractivity contribution is -0.134. The third kappa shape index (κ3) is 6.18. The highest BCUT2D eigenvalue weighted by atomic mass is 79.9. The van der Waals surface area contributed by atoms with Crippen LogP contribution in [0.5, 0.6) is 5.75 Å². The highest BCUT2D eigenvalue weighted by Crippen LogP contribution is 2.48. The van der Waals surface area contributed by atoms with Crippen LogP contribution >= 0.6 is 31.9 Å². The molecule has 8 heteroatoms. The van der Waals surface area contributed by atoms with Crippen LogP contribution in [0.2, 0.25) is 0 Å². The minimum atomic E-state index is -0.160. The molecule has 3 aromatic carbocycles. The van der Waals surface area contributed by atoms with E-state index in [0.717, 1.165) is 40.2 Å². The summed E-state index contributed by atoms with van der Waals surface area (Å²) >= 11 is 7.22. The van der Waals surface area contributed by atoms with Gasteiger partial charge in [-0.2, -0.15) is 0 Å². The summed E-state index contributed by atoms with van der Waals surface area (Å²) in [7, 11) is 1.57. The van der Waals surface area contributed by atoms with Gasteiger partial charge >= 0.3 is 0 Å². The van der Waals surface area contributed by atoms with Crippen molar-refractivity contribution in [1.82, 2.24) is 10.2 Å². The van der Waals surface area contributed by atoms with Gasteiger partial charge in [-0.05, 0) is 78.8 Å². The van der Waals surface area contributed by atoms with Crippen LogP contribution in [0.25, 0.3) is 0 Å². The van der Waals surface area contributed by atoms with Crippen LogP contribution in [-0.4, -0.2) is 49.7 Å². The molecule has 6 nitrogen and oxygen atoms in total. The second-order valence-electron chi connectivity index (χ2n) is 10.4. The number of fused-ring (bicyclic) bond motifs is 1. The molecule has 0 saturated carbocycles. The van der Waals surface area contributed by atoms with E-state index in [4.69, 9.17) is 9.53 Å². The fourth-order valence-electron chi connectivity index (χ4n) is 5.97. The van der Waals surface area contributed by atoms with Gasteiger partial charge < -0.3 is 19.7 Å². The average molecular weight is 670 g/mol. The quantitative estimate of drug-likeness (QED) is 0.331. The van der Waals surface area contributed by atoms with Crippen LogP contribution in [0.15, 0.2) is 75.7 Å². The van der Waals surface area contributed by atoms with Gasteiger partial charge in [0.15, 0.2) is 0 Å². The number of carbonyl (C=O) groups is 3. The second kappa shape index (κ2) is 13.1. The third-order valence-corrected chi connectivity index (χ3v) is 9.21. The summed E-state index contributed by atoms with van der Waals surface area (Å²) in [6.07, 6.45) is 3.19. The molecule has 1 aliphatic carbocycles. The van der Waals surface area contributed by atoms with Crippen LogP contribution in [0.1, 0.15) is 65.6 Å². The van der Waals surface area contributed by atoms with E-state index in [2.05, 4.69) is 80.5 Å². The van der Waals surface area contributed by atoms with Gasteiger partial charge in [0, 0.05) is 33.5 Å². The van der Waals surface area contributed by atoms with E-state index < -0.39 is 0 Å². The highest BCUT2D eigenvalue weighted by molar-refractivity contribution is 9.10. The molecule has 0 bridgehead atoms. The van der Waals surface area contributed by atoms with Crippen LogP contribution in [0, 0.1) is 0 Å². The van der Waals surface area contributed by atoms with Crippen LogP contribution in [0.3, 0.4) is 0 Å². The Kier molecular flexibility index (Phi) is 9.85. The molecule has 0 spiro atoms. The average Bonchev–Trinajstić information content (AvgIpc) is 2.99. The highest BCUT2D eigenvalue weighted by Gasteiger charge is 2.41. The molecule has 3 aromatic rings. The fraction of sp³-hybridized carbons (Fsp3) is 0.344. The van der Waals surface area contributed by atoms with Crippen molar-refractivity contribution in [1.29, 1.82) is 0 Å². The SMILES string of the molecule is C=O.COc1ccccc1C(=O)NC1CCN(C(=O)[C@H]2CC[C@](C)(c3ccc(Br)cc3)c3cc(Br)ccc32)CC1. The number of rotatable bonds is 5. The first kappa shape index (κ1) is 30.0. The third-order valence-electron chi connectivity index (χ3n) is 8.19. The van der Waals surface area contributed by atoms with Crippen LogP contribution in [-0.2, 0) is 15.0 Å². The lowest BCUT2D eigenvalue weighted by Gasteiger charge is -2.42. The van der Waals surface area contributed by atoms with Crippen molar-refractivity contribution in [2.24, 2.45) is 0 Å². The number of piperidine rings is 1. The molecule has 1 fully saturated rings. The second-order valence-corrected chi connectivity index (χ2v) is 12.3. The number of hydrogen-bond donors (Lipinski definition) is 1. The summed E-state index contributed by atoms with van der Waals surface area (Å²) in [5.41, 5.74) is 3.98. The topological polar surface area (TPSA) is 75.7 Å². The molecule has 0 radical (unpaired) electrons. The number of ether oxygens (including phenoxy) is 1. The number of carbonyl (C=O) groups excluding carboxylic acids is 3. The molecule has 1 aliphatic heterocycles. The molecule has 210 valence electrons. The first-order valence-corrected chi connectivity index (χ1v) is 15.0. The Bertz CT molecular complexity index is 1360. The number of benzene rings is 3. The zero-order chi connectivity index (χ0) is 28.9. The maximum absolute atomic E-state index is 13.8. The first-order chi connectivity index (χ1) is 19.3. The summed E-state index contributed by atoms with van der Waals surface area (Å²) in [5.74, 6) is 0.476. The van der Waals surface area contributed by atoms with E-state index in [0.29, 0.717) is 24.4 Å². The van der Waals surface area contributed by atoms with Gasteiger partial charge in [-0.15, -0.1) is 0 Å². The molecule has 2 amide bonds. The normalized spacial score (nSPS) is 20.5. The molecular weight excluding hydrogens is 636 g/mol. The molecule has 2 aliphatic rings. The number of nitrogens with one attached hydrogen (secondary N) is 1. The van der Waals surface area contributed by atoms with Gasteiger partial charge in [0.25, 0.3) is 5.91 Å². The van der Waals surface area contributed by atoms with Crippen molar-refractivity contribution >= 4 is 50.5 Å². The summed E-state index contributed by atoms with van der Waals surface area (Å²) in [6, 6.07) is 22.2. The number of halogens is 2. The van der Waals surface area contributed by atoms with E-state index >= 15 is 0 Å². The predicted octanol–water partition coefficient (Wildman–Crippen LogP) is 6.64. The monoisotopic (exact) mass is 668 g/mol. The van der Waals surface area contributed by atoms with Crippen molar-refractivity contribution in [2.75, 3.05) is 20.2 Å². The smallest absolute Gasteiger partial charge is 0.255 e. The van der Waals surface area contributed by atoms with Crippen molar-refractivity contribution in [3.8, 4) is 5.75 Å². The maximum Gasteiger partial charge on any atom is 0.255 e. The van der Waals surface area contributed by atoms with E-state index in [-0.39, 0.29) is 29.2 Å². The van der Waals surface area contributed by atoms with Gasteiger partial charge in [0.1, 0.15) is 12.5 Å². The number of methoxy groups -OCH3 is 1. The summed E-state index contributed by atoms with van der Waals surface area (Å²) in [4.78, 5) is 36.7. The minimum Gasteiger partial charge on any atom is -0.496 e. The van der Waals surface area contributed by atoms with E-state index in [1.54, 1.807) is 19.2 Å². The van der Waals surface area contributed by atoms with Crippen LogP contribution in [0.4, 0.5) is 0 Å². The summed E-state index contributed by atoms with van der Waals surface area (Å²) < 4.78 is 7.42. The van der Waals surface area contributed by atoms with Crippen molar-refractivity contribution in [3.05, 3.63) is 97.9 Å². The largest absolute Gasteiger partial charge is 0.496 e. The van der Waals surface area contributed by atoms with E-state index in [1.807, 2.05) is 29.9 Å². The Morgan fingerprint density at radius 3 is 2.27 bits per heavy atom. The first-order valence-electron chi connectivity index (χ1n) is 13.4. The lowest BCUT2D eigenvalue weighted by Crippen LogP contribution is -2.48. The van der Waals surface area contributed by atoms with E-state index in [1.165, 1.54) is 11.1 Å². The van der Waals surface area contributed by atoms with Crippen molar-refractivity contribution in [2.45, 2.75) is 50.0 Å². The summed E-state index contributed by atoms with van der Waals surface area (Å²) in [5, 5.41) is 3.14. The van der Waals surface area contributed by atoms with Gasteiger partial charge in [-0.25, -0.2) is 0 Å². The Hall–Kier alpha value is -2.97. The molecular formula is C32H34Br2N2O4. The van der Waals surface area contributed by atoms with Crippen molar-refractivity contribution in [3.63, 3.8) is 0 Å². The Morgan fingerprint density at radius 1 is 0.950 bits per heavy atom. The zero-order valence-electron chi connectivity index (χ0n) is 22.8. The number of para-hydroxylation sites is 1. The van der Waals surface area contributed by atoms with E-state index in [9.17, 15) is 9.59 Å². The minimum absolute atomic E-state index is 0.0340. The Labute approximate surface area is 252 Å². The number of hydrogen-bond acceptors (Lipinski definition) is 4. The lowest BCUT2D eigenvalue weighted by atomic mass is 9.64. The fourth-order valence-corrected chi connectivity index (χ4v) is 6.59. The molecule has 1 saturated heterocycles. The Morgan fingerprint density at radius 2 is 1.60 bits per heavy atom. The molecule has 1 N–H and O–H groups in total. The molecule has 5 rings (SSSR count). The maximum atomic E-state index is 13.8. The number of amides is 2. The van der Waals surface area contributed by atoms with Gasteiger partial charge in [0.05, 0.1) is 18.6 Å². The van der Waals surface area contributed by atoms with Gasteiger partial charge in [-0.3, -0.25) is 9.59 Å². The number of nitrogens with zero attached hydrogens (tertiary/aromatic N) is 1. The molecule has 0 aromatic heterocycles. The van der Waals surface area contributed by atoms with Gasteiger partial charge in [0.2, 0.25) is 5.91 Å².